The number of hydrogen-bond acceptors (Lipinski definition) is 6. The lowest BCUT2D eigenvalue weighted by Crippen LogP contribution is -2.39. The Hall–Kier alpha value is -3.89. The summed E-state index contributed by atoms with van der Waals surface area (Å²) in [7, 11) is 0. The molecule has 0 spiro atoms. The molecule has 212 valence electrons. The molecular weight excluding hydrogens is 538 g/mol. The van der Waals surface area contributed by atoms with Gasteiger partial charge in [-0.3, -0.25) is 0 Å². The summed E-state index contributed by atoms with van der Waals surface area (Å²) in [6, 6.07) is 29.9. The Morgan fingerprint density at radius 3 is 2.46 bits per heavy atom. The zero-order chi connectivity index (χ0) is 28.6. The van der Waals surface area contributed by atoms with Crippen LogP contribution >= 0.6 is 11.8 Å². The predicted molar refractivity (Wildman–Crippen MR) is 158 cm³/mol. The summed E-state index contributed by atoms with van der Waals surface area (Å²) in [6.45, 7) is 2.47. The van der Waals surface area contributed by atoms with Crippen molar-refractivity contribution in [2.24, 2.45) is 5.92 Å². The van der Waals surface area contributed by atoms with Crippen LogP contribution in [0.1, 0.15) is 41.6 Å². The maximum Gasteiger partial charge on any atom is 0.319 e. The first-order chi connectivity index (χ1) is 20.0. The molecule has 41 heavy (non-hydrogen) atoms. The van der Waals surface area contributed by atoms with Crippen LogP contribution in [0.3, 0.4) is 0 Å². The molecule has 5 rings (SSSR count). The van der Waals surface area contributed by atoms with Crippen LogP contribution in [0.2, 0.25) is 0 Å². The third-order valence-electron chi connectivity index (χ3n) is 7.02. The van der Waals surface area contributed by atoms with Crippen molar-refractivity contribution in [1.82, 2.24) is 5.32 Å². The molecule has 0 unspecified atom stereocenters. The minimum absolute atomic E-state index is 0.0207. The molecule has 0 saturated carbocycles. The van der Waals surface area contributed by atoms with E-state index in [4.69, 9.17) is 9.47 Å². The Labute approximate surface area is 243 Å². The molecule has 2 heterocycles. The highest BCUT2D eigenvalue weighted by molar-refractivity contribution is 7.99. The summed E-state index contributed by atoms with van der Waals surface area (Å²) in [5.41, 5.74) is 4.19. The number of aliphatic hydroxyl groups is 1. The molecule has 1 saturated heterocycles. The largest absolute Gasteiger partial charge is 0.618 e. The number of pyridine rings is 1. The van der Waals surface area contributed by atoms with E-state index in [0.717, 1.165) is 27.0 Å². The molecule has 1 aliphatic rings. The average molecular weight is 572 g/mol. The zero-order valence-corrected chi connectivity index (χ0v) is 23.5. The molecule has 9 heteroatoms. The maximum atomic E-state index is 12.6. The number of thioether (sulfide) groups is 1. The molecule has 8 nitrogen and oxygen atoms in total. The van der Waals surface area contributed by atoms with Gasteiger partial charge in [-0.15, -0.1) is 0 Å². The molecular formula is C32H33N3O5S. The lowest BCUT2D eigenvalue weighted by Gasteiger charge is -2.41. The van der Waals surface area contributed by atoms with Crippen LogP contribution < -0.4 is 15.4 Å². The second kappa shape index (κ2) is 13.6. The van der Waals surface area contributed by atoms with Crippen LogP contribution in [-0.2, 0) is 22.6 Å². The highest BCUT2D eigenvalue weighted by Gasteiger charge is 2.38. The molecule has 0 bridgehead atoms. The van der Waals surface area contributed by atoms with E-state index in [2.05, 4.69) is 17.6 Å². The van der Waals surface area contributed by atoms with Gasteiger partial charge in [-0.2, -0.15) is 4.73 Å². The smallest absolute Gasteiger partial charge is 0.319 e. The fourth-order valence-electron chi connectivity index (χ4n) is 4.72. The quantitative estimate of drug-likeness (QED) is 0.135. The minimum Gasteiger partial charge on any atom is -0.618 e. The number of amides is 2. The number of anilines is 1. The van der Waals surface area contributed by atoms with Crippen LogP contribution in [0.15, 0.2) is 108 Å². The van der Waals surface area contributed by atoms with E-state index in [1.807, 2.05) is 84.9 Å². The molecule has 3 N–H and O–H groups in total. The van der Waals surface area contributed by atoms with Crippen LogP contribution in [0.25, 0.3) is 0 Å². The summed E-state index contributed by atoms with van der Waals surface area (Å²) >= 11 is 1.44. The Kier molecular flexibility index (Phi) is 9.53. The molecule has 1 aliphatic heterocycles. The standard InChI is InChI=1S/C32H33N3O5S/c1-22-28(21-41-29-12-5-6-17-35(29)38)39-31(40-30(22)25-15-13-24(20-36)14-16-25)26-10-7-11-27(18-26)34-32(37)33-19-23-8-3-2-4-9-23/h2-18,22,28,30-31,36H,19-21H2,1H3,(H2,33,34,37)/t22-,28+,30+,31+/m0/s1. The number of carbonyl (C=O) groups excluding carboxylic acids is 1. The summed E-state index contributed by atoms with van der Waals surface area (Å²) in [5, 5.41) is 28.1. The van der Waals surface area contributed by atoms with Crippen molar-refractivity contribution in [2.75, 3.05) is 11.1 Å². The van der Waals surface area contributed by atoms with Crippen molar-refractivity contribution in [2.45, 2.75) is 43.6 Å². The number of aliphatic hydroxyl groups excluding tert-OH is 1. The number of benzene rings is 3. The van der Waals surface area contributed by atoms with Crippen LogP contribution in [-0.4, -0.2) is 23.0 Å². The number of carbonyl (C=O) groups is 1. The molecule has 1 aromatic heterocycles. The Bertz CT molecular complexity index is 1440. The number of ether oxygens (including phenoxy) is 2. The second-order valence-corrected chi connectivity index (χ2v) is 11.0. The van der Waals surface area contributed by atoms with E-state index in [-0.39, 0.29) is 30.8 Å². The van der Waals surface area contributed by atoms with Crippen molar-refractivity contribution >= 4 is 23.5 Å². The van der Waals surface area contributed by atoms with Gasteiger partial charge in [0.15, 0.2) is 12.5 Å². The van der Waals surface area contributed by atoms with Crippen LogP contribution in [0.5, 0.6) is 0 Å². The van der Waals surface area contributed by atoms with Crippen molar-refractivity contribution in [1.29, 1.82) is 0 Å². The molecule has 4 aromatic rings. The summed E-state index contributed by atoms with van der Waals surface area (Å²) in [5.74, 6) is 0.533. The third-order valence-corrected chi connectivity index (χ3v) is 8.13. The number of urea groups is 1. The van der Waals surface area contributed by atoms with Gasteiger partial charge in [0.25, 0.3) is 5.03 Å². The normalized spacial score (nSPS) is 20.3. The second-order valence-electron chi connectivity index (χ2n) is 9.92. The Balaban J connectivity index is 1.33. The van der Waals surface area contributed by atoms with E-state index >= 15 is 0 Å². The Morgan fingerprint density at radius 2 is 1.71 bits per heavy atom. The highest BCUT2D eigenvalue weighted by atomic mass is 32.2. The number of nitrogens with zero attached hydrogens (tertiary/aromatic N) is 1. The van der Waals surface area contributed by atoms with Gasteiger partial charge in [0, 0.05) is 41.6 Å². The molecule has 0 aliphatic carbocycles. The van der Waals surface area contributed by atoms with Gasteiger partial charge in [-0.25, -0.2) is 4.79 Å². The summed E-state index contributed by atoms with van der Waals surface area (Å²) in [4.78, 5) is 12.6. The fourth-order valence-corrected chi connectivity index (χ4v) is 5.80. The van der Waals surface area contributed by atoms with Gasteiger partial charge in [0.05, 0.1) is 18.8 Å². The third kappa shape index (κ3) is 7.45. The SMILES string of the molecule is C[C@H]1[C@@H](CSc2cccc[n+]2[O-])O[C@@H](c2cccc(NC(=O)NCc3ccccc3)c2)O[C@H]1c1ccc(CO)cc1. The van der Waals surface area contributed by atoms with Crippen LogP contribution in [0.4, 0.5) is 10.5 Å². The van der Waals surface area contributed by atoms with E-state index < -0.39 is 6.29 Å². The monoisotopic (exact) mass is 571 g/mol. The van der Waals surface area contributed by atoms with Crippen molar-refractivity contribution in [3.8, 4) is 0 Å². The molecule has 4 atom stereocenters. The van der Waals surface area contributed by atoms with Gasteiger partial charge in [-0.1, -0.05) is 85.4 Å². The number of aromatic nitrogens is 1. The van der Waals surface area contributed by atoms with Crippen LogP contribution in [0, 0.1) is 11.1 Å². The van der Waals surface area contributed by atoms with Crippen molar-refractivity contribution in [3.63, 3.8) is 0 Å². The number of hydrogen-bond donors (Lipinski definition) is 3. The Morgan fingerprint density at radius 1 is 0.927 bits per heavy atom. The first kappa shape index (κ1) is 28.6. The van der Waals surface area contributed by atoms with E-state index in [1.54, 1.807) is 12.1 Å². The lowest BCUT2D eigenvalue weighted by atomic mass is 9.91. The van der Waals surface area contributed by atoms with Gasteiger partial charge < -0.3 is 30.4 Å². The summed E-state index contributed by atoms with van der Waals surface area (Å²) in [6.07, 6.45) is 0.281. The van der Waals surface area contributed by atoms with E-state index in [1.165, 1.54) is 18.0 Å². The molecule has 0 radical (unpaired) electrons. The zero-order valence-electron chi connectivity index (χ0n) is 22.7. The number of rotatable bonds is 9. The molecule has 1 fully saturated rings. The molecule has 3 aromatic carbocycles. The first-order valence-electron chi connectivity index (χ1n) is 13.5. The molecule has 2 amide bonds. The van der Waals surface area contributed by atoms with E-state index in [0.29, 0.717) is 23.0 Å². The van der Waals surface area contributed by atoms with Gasteiger partial charge in [0.2, 0.25) is 0 Å². The maximum absolute atomic E-state index is 12.6. The van der Waals surface area contributed by atoms with Gasteiger partial charge >= 0.3 is 6.03 Å². The van der Waals surface area contributed by atoms with Crippen molar-refractivity contribution in [3.05, 3.63) is 131 Å². The van der Waals surface area contributed by atoms with Gasteiger partial charge in [0.1, 0.15) is 0 Å². The number of nitrogens with one attached hydrogen (secondary N) is 2. The summed E-state index contributed by atoms with van der Waals surface area (Å²) < 4.78 is 13.9. The minimum atomic E-state index is -0.691. The lowest BCUT2D eigenvalue weighted by molar-refractivity contribution is -0.645. The van der Waals surface area contributed by atoms with Gasteiger partial charge in [-0.05, 0) is 34.9 Å². The first-order valence-corrected chi connectivity index (χ1v) is 14.5. The fraction of sp³-hybridized carbons (Fsp3) is 0.250. The topological polar surface area (TPSA) is 107 Å². The highest BCUT2D eigenvalue weighted by Crippen LogP contribution is 2.43. The predicted octanol–water partition coefficient (Wildman–Crippen LogP) is 5.72. The van der Waals surface area contributed by atoms with Crippen molar-refractivity contribution < 1.29 is 24.1 Å². The van der Waals surface area contributed by atoms with E-state index in [9.17, 15) is 15.1 Å². The average Bonchev–Trinajstić information content (AvgIpc) is 3.01.